The summed E-state index contributed by atoms with van der Waals surface area (Å²) in [5.41, 5.74) is 0. The Balaban J connectivity index is 2.25. The zero-order chi connectivity index (χ0) is 10.1. The molecule has 2 rings (SSSR count). The number of Topliss-reactive ketones (excluding diaryl/α,β-unsaturated/α-hetero) is 1. The van der Waals surface area contributed by atoms with Crippen molar-refractivity contribution in [1.29, 1.82) is 0 Å². The van der Waals surface area contributed by atoms with Gasteiger partial charge in [-0.25, -0.2) is 9.80 Å². The quantitative estimate of drug-likeness (QED) is 0.591. The van der Waals surface area contributed by atoms with Crippen LogP contribution in [0.5, 0.6) is 0 Å². The molecule has 14 heavy (non-hydrogen) atoms. The number of carbonyl (C=O) groups is 2. The maximum atomic E-state index is 11.4. The second kappa shape index (κ2) is 3.42. The average Bonchev–Trinajstić information content (AvgIpc) is 2.31. The minimum absolute atomic E-state index is 0.224. The topological polar surface area (TPSA) is 60.9 Å². The van der Waals surface area contributed by atoms with E-state index in [4.69, 9.17) is 5.11 Å². The van der Waals surface area contributed by atoms with Gasteiger partial charge >= 0.3 is 5.97 Å². The predicted molar refractivity (Wildman–Crippen MR) is 48.2 cm³/mol. The molecule has 0 spiro atoms. The lowest BCUT2D eigenvalue weighted by molar-refractivity contribution is -0.146. The Labute approximate surface area is 81.6 Å². The summed E-state index contributed by atoms with van der Waals surface area (Å²) < 4.78 is 0. The van der Waals surface area contributed by atoms with Crippen LogP contribution in [-0.2, 0) is 9.59 Å². The number of allylic oxidation sites excluding steroid dienone is 1. The Bertz CT molecular complexity index is 300. The van der Waals surface area contributed by atoms with E-state index in [1.54, 1.807) is 11.2 Å². The number of ketones is 1. The molecule has 0 aromatic rings. The van der Waals surface area contributed by atoms with E-state index in [2.05, 4.69) is 0 Å². The highest BCUT2D eigenvalue weighted by Gasteiger charge is 2.41. The summed E-state index contributed by atoms with van der Waals surface area (Å²) in [7, 11) is 0. The number of hydrogen-bond acceptors (Lipinski definition) is 4. The first-order chi connectivity index (χ1) is 6.70. The van der Waals surface area contributed by atoms with Crippen LogP contribution in [0, 0.1) is 0 Å². The minimum Gasteiger partial charge on any atom is -0.479 e. The molecule has 5 heteroatoms. The van der Waals surface area contributed by atoms with Gasteiger partial charge in [0, 0.05) is 12.7 Å². The van der Waals surface area contributed by atoms with Crippen LogP contribution < -0.4 is 0 Å². The first-order valence-electron chi connectivity index (χ1n) is 4.65. The van der Waals surface area contributed by atoms with E-state index >= 15 is 0 Å². The molecule has 76 valence electrons. The summed E-state index contributed by atoms with van der Waals surface area (Å²) in [4.78, 5) is 22.3. The molecular formula is C9H12N2O3. The van der Waals surface area contributed by atoms with Gasteiger partial charge in [-0.05, 0) is 12.8 Å². The van der Waals surface area contributed by atoms with Crippen molar-refractivity contribution in [2.45, 2.75) is 18.9 Å². The van der Waals surface area contributed by atoms with E-state index in [9.17, 15) is 9.59 Å². The normalized spacial score (nSPS) is 27.6. The minimum atomic E-state index is -1.07. The van der Waals surface area contributed by atoms with Crippen LogP contribution >= 0.6 is 0 Å². The molecule has 1 atom stereocenters. The van der Waals surface area contributed by atoms with E-state index < -0.39 is 12.0 Å². The summed E-state index contributed by atoms with van der Waals surface area (Å²) in [6.45, 7) is 0.976. The van der Waals surface area contributed by atoms with Gasteiger partial charge in [0.05, 0.1) is 6.54 Å². The highest BCUT2D eigenvalue weighted by atomic mass is 16.4. The van der Waals surface area contributed by atoms with E-state index in [1.807, 2.05) is 6.08 Å². The Morgan fingerprint density at radius 3 is 3.07 bits per heavy atom. The standard InChI is InChI=1S/C9H12N2O3/c12-7-6-10-4-2-1-3-5-11(10)8(7)9(13)14/h3,5,8H,1-2,4,6H2,(H,13,14). The molecule has 0 amide bonds. The largest absolute Gasteiger partial charge is 0.479 e. The van der Waals surface area contributed by atoms with Crippen molar-refractivity contribution in [3.05, 3.63) is 12.3 Å². The third-order valence-corrected chi connectivity index (χ3v) is 2.51. The number of aliphatic carboxylic acids is 1. The van der Waals surface area contributed by atoms with Crippen molar-refractivity contribution in [1.82, 2.24) is 10.0 Å². The maximum Gasteiger partial charge on any atom is 0.335 e. The fraction of sp³-hybridized carbons (Fsp3) is 0.556. The van der Waals surface area contributed by atoms with E-state index in [1.165, 1.54) is 5.01 Å². The Kier molecular flexibility index (Phi) is 2.25. The molecule has 0 aliphatic carbocycles. The molecule has 5 nitrogen and oxygen atoms in total. The second-order valence-corrected chi connectivity index (χ2v) is 3.50. The van der Waals surface area contributed by atoms with E-state index in [0.29, 0.717) is 0 Å². The number of fused-ring (bicyclic) bond motifs is 1. The first-order valence-corrected chi connectivity index (χ1v) is 4.65. The van der Waals surface area contributed by atoms with E-state index in [-0.39, 0.29) is 12.3 Å². The van der Waals surface area contributed by atoms with Gasteiger partial charge in [0.15, 0.2) is 5.78 Å². The van der Waals surface area contributed by atoms with Crippen LogP contribution in [0.1, 0.15) is 12.8 Å². The monoisotopic (exact) mass is 196 g/mol. The van der Waals surface area contributed by atoms with Crippen LogP contribution in [0.2, 0.25) is 0 Å². The number of carboxylic acids is 1. The molecule has 0 bridgehead atoms. The fourth-order valence-corrected chi connectivity index (χ4v) is 1.86. The van der Waals surface area contributed by atoms with Gasteiger partial charge in [-0.15, -0.1) is 0 Å². The summed E-state index contributed by atoms with van der Waals surface area (Å²) in [5, 5.41) is 12.2. The molecule has 2 aliphatic heterocycles. The molecule has 1 fully saturated rings. The molecule has 1 unspecified atom stereocenters. The molecule has 1 saturated heterocycles. The second-order valence-electron chi connectivity index (χ2n) is 3.50. The van der Waals surface area contributed by atoms with Gasteiger partial charge < -0.3 is 5.11 Å². The van der Waals surface area contributed by atoms with Gasteiger partial charge in [0.25, 0.3) is 0 Å². The molecule has 2 aliphatic rings. The number of rotatable bonds is 1. The van der Waals surface area contributed by atoms with Crippen LogP contribution in [-0.4, -0.2) is 46.0 Å². The fourth-order valence-electron chi connectivity index (χ4n) is 1.86. The molecular weight excluding hydrogens is 184 g/mol. The van der Waals surface area contributed by atoms with Crippen molar-refractivity contribution in [2.75, 3.05) is 13.1 Å². The van der Waals surface area contributed by atoms with Gasteiger partial charge in [-0.3, -0.25) is 9.80 Å². The smallest absolute Gasteiger partial charge is 0.335 e. The highest BCUT2D eigenvalue weighted by Crippen LogP contribution is 2.19. The number of nitrogens with zero attached hydrogens (tertiary/aromatic N) is 2. The number of hydrogen-bond donors (Lipinski definition) is 1. The first kappa shape index (κ1) is 9.21. The molecule has 0 saturated carbocycles. The lowest BCUT2D eigenvalue weighted by Crippen LogP contribution is -2.41. The van der Waals surface area contributed by atoms with E-state index in [0.717, 1.165) is 19.4 Å². The molecule has 0 radical (unpaired) electrons. The zero-order valence-electron chi connectivity index (χ0n) is 7.72. The van der Waals surface area contributed by atoms with Gasteiger partial charge in [-0.2, -0.15) is 0 Å². The lowest BCUT2D eigenvalue weighted by atomic mass is 10.2. The summed E-state index contributed by atoms with van der Waals surface area (Å²) >= 11 is 0. The Hall–Kier alpha value is -1.36. The van der Waals surface area contributed by atoms with Crippen molar-refractivity contribution >= 4 is 11.8 Å². The average molecular weight is 196 g/mol. The SMILES string of the molecule is O=C(O)C1C(=O)CN2CCCC=CN12. The van der Waals surface area contributed by atoms with Crippen molar-refractivity contribution in [2.24, 2.45) is 0 Å². The third kappa shape index (κ3) is 1.39. The van der Waals surface area contributed by atoms with Crippen LogP contribution in [0.15, 0.2) is 12.3 Å². The van der Waals surface area contributed by atoms with Crippen LogP contribution in [0.3, 0.4) is 0 Å². The summed E-state index contributed by atoms with van der Waals surface area (Å²) in [6, 6.07) is -1.01. The molecule has 2 heterocycles. The van der Waals surface area contributed by atoms with Crippen LogP contribution in [0.25, 0.3) is 0 Å². The molecule has 0 aromatic heterocycles. The molecule has 0 aromatic carbocycles. The molecule has 1 N–H and O–H groups in total. The number of hydrazine groups is 1. The predicted octanol–water partition coefficient (Wildman–Crippen LogP) is -0.151. The Morgan fingerprint density at radius 2 is 2.36 bits per heavy atom. The van der Waals surface area contributed by atoms with Gasteiger partial charge in [-0.1, -0.05) is 6.08 Å². The number of carbonyl (C=O) groups excluding carboxylic acids is 1. The maximum absolute atomic E-state index is 11.4. The summed E-state index contributed by atoms with van der Waals surface area (Å²) in [5.74, 6) is -1.30. The van der Waals surface area contributed by atoms with Crippen molar-refractivity contribution < 1.29 is 14.7 Å². The van der Waals surface area contributed by atoms with Gasteiger partial charge in [0.2, 0.25) is 6.04 Å². The van der Waals surface area contributed by atoms with Gasteiger partial charge in [0.1, 0.15) is 0 Å². The Morgan fingerprint density at radius 1 is 1.57 bits per heavy atom. The number of carboxylic acid groups (broad SMARTS) is 1. The lowest BCUT2D eigenvalue weighted by Gasteiger charge is -2.26. The third-order valence-electron chi connectivity index (χ3n) is 2.51. The zero-order valence-corrected chi connectivity index (χ0v) is 7.72. The van der Waals surface area contributed by atoms with Crippen molar-refractivity contribution in [3.63, 3.8) is 0 Å². The van der Waals surface area contributed by atoms with Crippen LogP contribution in [0.4, 0.5) is 0 Å². The van der Waals surface area contributed by atoms with Crippen molar-refractivity contribution in [3.8, 4) is 0 Å². The summed E-state index contributed by atoms with van der Waals surface area (Å²) in [6.07, 6.45) is 5.52. The highest BCUT2D eigenvalue weighted by molar-refractivity contribution is 6.04.